The zero-order valence-corrected chi connectivity index (χ0v) is 11.2. The van der Waals surface area contributed by atoms with Crippen LogP contribution in [-0.4, -0.2) is 40.5 Å². The zero-order valence-electron chi connectivity index (χ0n) is 10.4. The Kier molecular flexibility index (Phi) is 4.51. The number of rotatable bonds is 3. The number of nitrogens with zero attached hydrogens (tertiary/aromatic N) is 2. The van der Waals surface area contributed by atoms with Gasteiger partial charge in [-0.1, -0.05) is 0 Å². The van der Waals surface area contributed by atoms with Crippen LogP contribution >= 0.6 is 0 Å². The molecule has 0 saturated carbocycles. The second-order valence-corrected chi connectivity index (χ2v) is 5.21. The van der Waals surface area contributed by atoms with Gasteiger partial charge in [-0.05, 0) is 24.3 Å². The molecule has 0 fully saturated rings. The predicted octanol–water partition coefficient (Wildman–Crippen LogP) is -0.235. The van der Waals surface area contributed by atoms with Crippen LogP contribution in [0.1, 0.15) is 0 Å². The van der Waals surface area contributed by atoms with Gasteiger partial charge in [-0.3, -0.25) is 5.43 Å². The number of benzene rings is 1. The summed E-state index contributed by atoms with van der Waals surface area (Å²) in [6, 6.07) is 5.93. The van der Waals surface area contributed by atoms with E-state index in [0.29, 0.717) is 5.75 Å². The fourth-order valence-electron chi connectivity index (χ4n) is 1.15. The van der Waals surface area contributed by atoms with Crippen molar-refractivity contribution in [3.8, 4) is 5.75 Å². The first-order chi connectivity index (χ1) is 8.40. The molecule has 0 unspecified atom stereocenters. The van der Waals surface area contributed by atoms with Crippen molar-refractivity contribution in [2.75, 3.05) is 21.2 Å². The minimum atomic E-state index is -3.79. The van der Waals surface area contributed by atoms with Crippen LogP contribution in [0.5, 0.6) is 5.75 Å². The van der Waals surface area contributed by atoms with E-state index in [9.17, 15) is 8.42 Å². The minimum absolute atomic E-state index is 0.0471. The molecule has 3 N–H and O–H groups in total. The van der Waals surface area contributed by atoms with E-state index in [1.54, 1.807) is 26.2 Å². The van der Waals surface area contributed by atoms with Gasteiger partial charge in [0.2, 0.25) is 5.96 Å². The van der Waals surface area contributed by atoms with Gasteiger partial charge in [0.1, 0.15) is 5.75 Å². The molecule has 0 aliphatic rings. The lowest BCUT2D eigenvalue weighted by molar-refractivity contribution is 0.414. The summed E-state index contributed by atoms with van der Waals surface area (Å²) >= 11 is 0. The van der Waals surface area contributed by atoms with E-state index in [1.165, 1.54) is 24.1 Å². The molecule has 1 aromatic rings. The Morgan fingerprint density at radius 2 is 1.89 bits per heavy atom. The van der Waals surface area contributed by atoms with Crippen molar-refractivity contribution in [3.05, 3.63) is 24.3 Å². The summed E-state index contributed by atoms with van der Waals surface area (Å²) in [6.07, 6.45) is 0. The molecule has 0 aliphatic heterocycles. The third-order valence-electron chi connectivity index (χ3n) is 2.12. The Balaban J connectivity index is 3.13. The lowest BCUT2D eigenvalue weighted by Gasteiger charge is -2.14. The summed E-state index contributed by atoms with van der Waals surface area (Å²) in [5, 5.41) is 0. The fraction of sp³-hybridized carbons (Fsp3) is 0.300. The van der Waals surface area contributed by atoms with Gasteiger partial charge in [-0.15, -0.1) is 4.40 Å². The van der Waals surface area contributed by atoms with E-state index >= 15 is 0 Å². The van der Waals surface area contributed by atoms with Gasteiger partial charge in [0.05, 0.1) is 12.0 Å². The van der Waals surface area contributed by atoms with Crippen molar-refractivity contribution in [2.45, 2.75) is 4.90 Å². The van der Waals surface area contributed by atoms with Gasteiger partial charge in [-0.2, -0.15) is 8.42 Å². The van der Waals surface area contributed by atoms with E-state index in [-0.39, 0.29) is 10.9 Å². The standard InChI is InChI=1S/C10H16N4O3S/c1-14(2)10(12-11)13-18(15,16)9-6-4-8(17-3)5-7-9/h4-7H,11H2,1-3H3,(H,12,13). The van der Waals surface area contributed by atoms with Crippen LogP contribution in [0.15, 0.2) is 33.6 Å². The SMILES string of the molecule is COc1ccc(S(=O)(=O)/N=C(\NN)N(C)C)cc1. The number of guanidine groups is 1. The van der Waals surface area contributed by atoms with Gasteiger partial charge in [0, 0.05) is 14.1 Å². The molecular weight excluding hydrogens is 256 g/mol. The maximum atomic E-state index is 12.0. The molecule has 1 rings (SSSR count). The molecule has 1 aromatic carbocycles. The Labute approximate surface area is 106 Å². The predicted molar refractivity (Wildman–Crippen MR) is 68.6 cm³/mol. The highest BCUT2D eigenvalue weighted by atomic mass is 32.2. The van der Waals surface area contributed by atoms with Crippen molar-refractivity contribution in [2.24, 2.45) is 10.2 Å². The minimum Gasteiger partial charge on any atom is -0.497 e. The average molecular weight is 272 g/mol. The number of sulfonamides is 1. The molecule has 0 saturated heterocycles. The highest BCUT2D eigenvalue weighted by Gasteiger charge is 2.15. The van der Waals surface area contributed by atoms with E-state index in [2.05, 4.69) is 9.82 Å². The van der Waals surface area contributed by atoms with Crippen LogP contribution < -0.4 is 16.0 Å². The number of hydrogen-bond acceptors (Lipinski definition) is 4. The number of nitrogens with one attached hydrogen (secondary N) is 1. The second-order valence-electron chi connectivity index (χ2n) is 3.60. The van der Waals surface area contributed by atoms with Crippen LogP contribution in [0.25, 0.3) is 0 Å². The van der Waals surface area contributed by atoms with Crippen LogP contribution in [0, 0.1) is 0 Å². The lowest BCUT2D eigenvalue weighted by Crippen LogP contribution is -2.41. The molecule has 0 aromatic heterocycles. The summed E-state index contributed by atoms with van der Waals surface area (Å²) in [5.41, 5.74) is 2.22. The molecule has 8 heteroatoms. The molecule has 0 heterocycles. The Hall–Kier alpha value is -1.80. The van der Waals surface area contributed by atoms with Crippen LogP contribution in [0.3, 0.4) is 0 Å². The molecule has 100 valence electrons. The van der Waals surface area contributed by atoms with Crippen molar-refractivity contribution in [1.82, 2.24) is 10.3 Å². The van der Waals surface area contributed by atoms with Gasteiger partial charge in [-0.25, -0.2) is 5.84 Å². The maximum absolute atomic E-state index is 12.0. The number of methoxy groups -OCH3 is 1. The zero-order chi connectivity index (χ0) is 13.8. The fourth-order valence-corrected chi connectivity index (χ4v) is 2.18. The molecule has 0 spiro atoms. The number of hydrogen-bond donors (Lipinski definition) is 2. The Bertz CT molecular complexity index is 523. The second kappa shape index (κ2) is 5.69. The first-order valence-electron chi connectivity index (χ1n) is 5.03. The first-order valence-corrected chi connectivity index (χ1v) is 6.47. The molecule has 0 bridgehead atoms. The van der Waals surface area contributed by atoms with Gasteiger partial charge >= 0.3 is 0 Å². The summed E-state index contributed by atoms with van der Waals surface area (Å²) in [6.45, 7) is 0. The molecule has 0 atom stereocenters. The lowest BCUT2D eigenvalue weighted by atomic mass is 10.3. The monoisotopic (exact) mass is 272 g/mol. The van der Waals surface area contributed by atoms with Gasteiger partial charge < -0.3 is 9.64 Å². The third kappa shape index (κ3) is 3.34. The van der Waals surface area contributed by atoms with Gasteiger partial charge in [0.25, 0.3) is 10.0 Å². The molecule has 0 amide bonds. The van der Waals surface area contributed by atoms with Crippen molar-refractivity contribution in [3.63, 3.8) is 0 Å². The molecule has 0 radical (unpaired) electrons. The quantitative estimate of drug-likeness (QED) is 0.341. The summed E-state index contributed by atoms with van der Waals surface area (Å²) in [4.78, 5) is 1.53. The topological polar surface area (TPSA) is 97.0 Å². The number of ether oxygens (including phenoxy) is 1. The van der Waals surface area contributed by atoms with E-state index < -0.39 is 10.0 Å². The normalized spacial score (nSPS) is 12.1. The summed E-state index contributed by atoms with van der Waals surface area (Å²) in [5.74, 6) is 5.82. The molecule has 7 nitrogen and oxygen atoms in total. The van der Waals surface area contributed by atoms with E-state index in [4.69, 9.17) is 10.6 Å². The average Bonchev–Trinajstić information content (AvgIpc) is 2.35. The van der Waals surface area contributed by atoms with Crippen LogP contribution in [-0.2, 0) is 10.0 Å². The highest BCUT2D eigenvalue weighted by molar-refractivity contribution is 7.90. The van der Waals surface area contributed by atoms with Crippen molar-refractivity contribution < 1.29 is 13.2 Å². The molecule has 0 aliphatic carbocycles. The van der Waals surface area contributed by atoms with Crippen LogP contribution in [0.4, 0.5) is 0 Å². The Morgan fingerprint density at radius 1 is 1.33 bits per heavy atom. The first kappa shape index (κ1) is 14.3. The molecule has 18 heavy (non-hydrogen) atoms. The maximum Gasteiger partial charge on any atom is 0.285 e. The summed E-state index contributed by atoms with van der Waals surface area (Å²) < 4.78 is 32.5. The van der Waals surface area contributed by atoms with Crippen molar-refractivity contribution in [1.29, 1.82) is 0 Å². The van der Waals surface area contributed by atoms with Gasteiger partial charge in [0.15, 0.2) is 0 Å². The van der Waals surface area contributed by atoms with Crippen molar-refractivity contribution >= 4 is 16.0 Å². The third-order valence-corrected chi connectivity index (χ3v) is 3.40. The largest absolute Gasteiger partial charge is 0.497 e. The van der Waals surface area contributed by atoms with E-state index in [1.807, 2.05) is 0 Å². The summed E-state index contributed by atoms with van der Waals surface area (Å²) in [7, 11) is 0.965. The number of nitrogens with two attached hydrogens (primary N) is 1. The number of hydrazine groups is 1. The van der Waals surface area contributed by atoms with E-state index in [0.717, 1.165) is 0 Å². The van der Waals surface area contributed by atoms with Crippen LogP contribution in [0.2, 0.25) is 0 Å². The smallest absolute Gasteiger partial charge is 0.285 e. The highest BCUT2D eigenvalue weighted by Crippen LogP contribution is 2.17. The molecular formula is C10H16N4O3S. The Morgan fingerprint density at radius 3 is 2.28 bits per heavy atom.